The molecule has 1 heterocycles. The van der Waals surface area contributed by atoms with E-state index >= 15 is 0 Å². The molecule has 7 heteroatoms. The molecule has 1 saturated heterocycles. The second-order valence-corrected chi connectivity index (χ2v) is 6.27. The van der Waals surface area contributed by atoms with Crippen LogP contribution in [0.3, 0.4) is 0 Å². The van der Waals surface area contributed by atoms with E-state index < -0.39 is 12.2 Å². The van der Waals surface area contributed by atoms with E-state index in [-0.39, 0.29) is 24.8 Å². The smallest absolute Gasteiger partial charge is 0.314 e. The van der Waals surface area contributed by atoms with Crippen LogP contribution in [0.1, 0.15) is 39.4 Å². The van der Waals surface area contributed by atoms with Crippen molar-refractivity contribution in [3.8, 4) is 0 Å². The molecule has 0 aromatic heterocycles. The third-order valence-corrected chi connectivity index (χ3v) is 5.16. The molecule has 1 aliphatic rings. The molecule has 140 valence electrons. The average Bonchev–Trinajstić information content (AvgIpc) is 2.47. The zero-order chi connectivity index (χ0) is 16.7. The first-order valence-electron chi connectivity index (χ1n) is 7.74. The molecule has 1 atom stereocenters. The Morgan fingerprint density at radius 1 is 0.792 bits per heavy atom. The summed E-state index contributed by atoms with van der Waals surface area (Å²) >= 11 is 0. The number of halogens is 5. The molecule has 0 bridgehead atoms. The number of alkyl halides is 3. The van der Waals surface area contributed by atoms with Crippen molar-refractivity contribution in [3.05, 3.63) is 33.4 Å². The van der Waals surface area contributed by atoms with Crippen LogP contribution in [0.15, 0.2) is 0 Å². The maximum atomic E-state index is 13.9. The van der Waals surface area contributed by atoms with Gasteiger partial charge in [0.2, 0.25) is 0 Å². The Labute approximate surface area is 155 Å². The highest BCUT2D eigenvalue weighted by molar-refractivity contribution is 5.85. The number of rotatable bonds is 2. The molecule has 1 N–H and O–H groups in total. The zero-order valence-corrected chi connectivity index (χ0v) is 16.4. The fourth-order valence-electron chi connectivity index (χ4n) is 3.43. The number of piperazine rings is 1. The van der Waals surface area contributed by atoms with Gasteiger partial charge in [0.15, 0.2) is 0 Å². The average molecular weight is 387 g/mol. The first-order valence-corrected chi connectivity index (χ1v) is 7.74. The standard InChI is InChI=1S/C17H25F3N2.2ClH/c1-10-11(2)13(4)15(14(5)12(10)3)16(17(18,19)20)22-8-6-21-7-9-22;;/h16,21H,6-9H2,1-5H3;2*1H/t16-;;/m1../s1. The molecule has 24 heavy (non-hydrogen) atoms. The van der Waals surface area contributed by atoms with Gasteiger partial charge in [0.25, 0.3) is 0 Å². The van der Waals surface area contributed by atoms with Crippen LogP contribution < -0.4 is 5.32 Å². The fraction of sp³-hybridized carbons (Fsp3) is 0.647. The summed E-state index contributed by atoms with van der Waals surface area (Å²) in [5, 5.41) is 3.12. The molecule has 2 rings (SSSR count). The second kappa shape index (κ2) is 8.75. The lowest BCUT2D eigenvalue weighted by atomic mass is 9.85. The lowest BCUT2D eigenvalue weighted by Crippen LogP contribution is -2.49. The summed E-state index contributed by atoms with van der Waals surface area (Å²) in [6, 6.07) is -1.51. The first-order chi connectivity index (χ1) is 10.2. The first kappa shape index (κ1) is 23.5. The third-order valence-electron chi connectivity index (χ3n) is 5.16. The van der Waals surface area contributed by atoms with E-state index in [1.807, 2.05) is 34.6 Å². The van der Waals surface area contributed by atoms with Gasteiger partial charge in [-0.25, -0.2) is 0 Å². The van der Waals surface area contributed by atoms with Crippen molar-refractivity contribution in [1.29, 1.82) is 0 Å². The van der Waals surface area contributed by atoms with E-state index in [0.29, 0.717) is 31.7 Å². The summed E-state index contributed by atoms with van der Waals surface area (Å²) in [7, 11) is 0. The van der Waals surface area contributed by atoms with Crippen molar-refractivity contribution in [2.75, 3.05) is 26.2 Å². The van der Waals surface area contributed by atoms with Crippen molar-refractivity contribution in [2.24, 2.45) is 0 Å². The lowest BCUT2D eigenvalue weighted by molar-refractivity contribution is -0.188. The molecular formula is C17H27Cl2F3N2. The van der Waals surface area contributed by atoms with E-state index in [9.17, 15) is 13.2 Å². The molecule has 0 radical (unpaired) electrons. The maximum absolute atomic E-state index is 13.9. The maximum Gasteiger partial charge on any atom is 0.408 e. The summed E-state index contributed by atoms with van der Waals surface area (Å²) < 4.78 is 41.6. The van der Waals surface area contributed by atoms with Crippen LogP contribution in [0.5, 0.6) is 0 Å². The van der Waals surface area contributed by atoms with Crippen LogP contribution in [0, 0.1) is 34.6 Å². The van der Waals surface area contributed by atoms with Crippen molar-refractivity contribution in [3.63, 3.8) is 0 Å². The van der Waals surface area contributed by atoms with Gasteiger partial charge in [0.1, 0.15) is 6.04 Å². The predicted molar refractivity (Wildman–Crippen MR) is 97.9 cm³/mol. The van der Waals surface area contributed by atoms with Crippen LogP contribution in [0.25, 0.3) is 0 Å². The van der Waals surface area contributed by atoms with Gasteiger partial charge in [0.05, 0.1) is 0 Å². The largest absolute Gasteiger partial charge is 0.408 e. The quantitative estimate of drug-likeness (QED) is 0.799. The Hall–Kier alpha value is -0.490. The van der Waals surface area contributed by atoms with Crippen molar-refractivity contribution in [1.82, 2.24) is 10.2 Å². The minimum Gasteiger partial charge on any atom is -0.314 e. The van der Waals surface area contributed by atoms with E-state index in [4.69, 9.17) is 0 Å². The van der Waals surface area contributed by atoms with E-state index in [1.54, 1.807) is 4.90 Å². The number of hydrogen-bond donors (Lipinski definition) is 1. The van der Waals surface area contributed by atoms with Crippen molar-refractivity contribution < 1.29 is 13.2 Å². The van der Waals surface area contributed by atoms with Crippen LogP contribution in [0.4, 0.5) is 13.2 Å². The van der Waals surface area contributed by atoms with Crippen molar-refractivity contribution >= 4 is 24.8 Å². The monoisotopic (exact) mass is 386 g/mol. The van der Waals surface area contributed by atoms with Crippen LogP contribution >= 0.6 is 24.8 Å². The van der Waals surface area contributed by atoms with Gasteiger partial charge in [0, 0.05) is 26.2 Å². The topological polar surface area (TPSA) is 15.3 Å². The number of hydrogen-bond acceptors (Lipinski definition) is 2. The molecule has 0 unspecified atom stereocenters. The van der Waals surface area contributed by atoms with Gasteiger partial charge in [-0.15, -0.1) is 24.8 Å². The molecule has 2 nitrogen and oxygen atoms in total. The third kappa shape index (κ3) is 4.37. The van der Waals surface area contributed by atoms with Gasteiger partial charge in [-0.1, -0.05) is 0 Å². The van der Waals surface area contributed by atoms with Gasteiger partial charge in [-0.3, -0.25) is 4.90 Å². The Morgan fingerprint density at radius 3 is 1.54 bits per heavy atom. The second-order valence-electron chi connectivity index (χ2n) is 6.27. The van der Waals surface area contributed by atoms with E-state index in [0.717, 1.165) is 27.8 Å². The fourth-order valence-corrected chi connectivity index (χ4v) is 3.43. The van der Waals surface area contributed by atoms with Crippen LogP contribution in [-0.2, 0) is 0 Å². The SMILES string of the molecule is Cc1c(C)c(C)c([C@@H](N2CCNCC2)C(F)(F)F)c(C)c1C.Cl.Cl. The van der Waals surface area contributed by atoms with Crippen LogP contribution in [0.2, 0.25) is 0 Å². The molecule has 1 fully saturated rings. The highest BCUT2D eigenvalue weighted by Crippen LogP contribution is 2.42. The molecule has 0 amide bonds. The van der Waals surface area contributed by atoms with E-state index in [1.165, 1.54) is 0 Å². The summed E-state index contributed by atoms with van der Waals surface area (Å²) in [5.41, 5.74) is 5.06. The summed E-state index contributed by atoms with van der Waals surface area (Å²) in [5.74, 6) is 0. The Morgan fingerprint density at radius 2 is 1.17 bits per heavy atom. The van der Waals surface area contributed by atoms with E-state index in [2.05, 4.69) is 5.32 Å². The molecule has 1 aliphatic heterocycles. The predicted octanol–water partition coefficient (Wildman–Crippen LogP) is 4.58. The van der Waals surface area contributed by atoms with Gasteiger partial charge in [-0.2, -0.15) is 13.2 Å². The molecule has 0 spiro atoms. The number of benzene rings is 1. The highest BCUT2D eigenvalue weighted by atomic mass is 35.5. The zero-order valence-electron chi connectivity index (χ0n) is 14.8. The van der Waals surface area contributed by atoms with Gasteiger partial charge >= 0.3 is 6.18 Å². The number of nitrogens with one attached hydrogen (secondary N) is 1. The summed E-state index contributed by atoms with van der Waals surface area (Å²) in [6.07, 6.45) is -4.26. The molecule has 0 saturated carbocycles. The molecule has 0 aliphatic carbocycles. The minimum absolute atomic E-state index is 0. The summed E-state index contributed by atoms with van der Waals surface area (Å²) in [4.78, 5) is 1.57. The Kier molecular flexibility index (Phi) is 8.57. The normalized spacial score (nSPS) is 17.0. The number of nitrogens with zero attached hydrogens (tertiary/aromatic N) is 1. The molecule has 1 aromatic carbocycles. The molecular weight excluding hydrogens is 360 g/mol. The van der Waals surface area contributed by atoms with Gasteiger partial charge < -0.3 is 5.32 Å². The van der Waals surface area contributed by atoms with Crippen molar-refractivity contribution in [2.45, 2.75) is 46.8 Å². The molecule has 1 aromatic rings. The Balaban J connectivity index is 0.00000264. The minimum atomic E-state index is -4.26. The lowest BCUT2D eigenvalue weighted by Gasteiger charge is -2.38. The summed E-state index contributed by atoms with van der Waals surface area (Å²) in [6.45, 7) is 11.5. The van der Waals surface area contributed by atoms with Gasteiger partial charge in [-0.05, 0) is 68.0 Å². The Bertz CT molecular complexity index is 539. The highest BCUT2D eigenvalue weighted by Gasteiger charge is 2.46. The van der Waals surface area contributed by atoms with Crippen LogP contribution in [-0.4, -0.2) is 37.3 Å².